The van der Waals surface area contributed by atoms with Crippen molar-refractivity contribution < 1.29 is 9.59 Å². The second-order valence-electron chi connectivity index (χ2n) is 7.43. The molecule has 1 N–H and O–H groups in total. The molecule has 1 aliphatic heterocycles. The van der Waals surface area contributed by atoms with Gasteiger partial charge in [-0.1, -0.05) is 12.8 Å². The van der Waals surface area contributed by atoms with Gasteiger partial charge in [0.25, 0.3) is 0 Å². The summed E-state index contributed by atoms with van der Waals surface area (Å²) in [4.78, 5) is 31.7. The van der Waals surface area contributed by atoms with E-state index in [1.807, 2.05) is 25.1 Å². The van der Waals surface area contributed by atoms with Crippen LogP contribution in [0.3, 0.4) is 0 Å². The Bertz CT molecular complexity index is 619. The molecule has 2 aliphatic rings. The van der Waals surface area contributed by atoms with Gasteiger partial charge in [-0.2, -0.15) is 0 Å². The van der Waals surface area contributed by atoms with Gasteiger partial charge in [-0.25, -0.2) is 4.98 Å². The van der Waals surface area contributed by atoms with E-state index in [4.69, 9.17) is 0 Å². The molecule has 0 unspecified atom stereocenters. The van der Waals surface area contributed by atoms with Crippen LogP contribution in [0.15, 0.2) is 6.33 Å². The Hall–Kier alpha value is -1.85. The molecule has 1 aromatic rings. The number of aromatic nitrogens is 2. The van der Waals surface area contributed by atoms with Crippen LogP contribution in [-0.2, 0) is 16.1 Å². The SMILES string of the molecule is Cc1ncn(CCNC(=O)[C@H]2CCCC[C@H]2C(=O)N2CCCC2)c1C. The van der Waals surface area contributed by atoms with E-state index in [0.29, 0.717) is 6.54 Å². The molecular formula is C19H30N4O2. The van der Waals surface area contributed by atoms with Gasteiger partial charge in [0.2, 0.25) is 11.8 Å². The number of carbonyl (C=O) groups is 2. The molecule has 2 atom stereocenters. The average Bonchev–Trinajstić information content (AvgIpc) is 3.27. The standard InChI is InChI=1S/C19H30N4O2/c1-14-15(2)23(13-21-14)12-9-20-18(24)16-7-3-4-8-17(16)19(25)22-10-5-6-11-22/h13,16-17H,3-12H2,1-2H3,(H,20,24)/t16-,17+/m0/s1. The van der Waals surface area contributed by atoms with E-state index >= 15 is 0 Å². The molecule has 138 valence electrons. The molecule has 0 radical (unpaired) electrons. The number of imidazole rings is 1. The number of rotatable bonds is 5. The summed E-state index contributed by atoms with van der Waals surface area (Å²) in [7, 11) is 0. The zero-order valence-corrected chi connectivity index (χ0v) is 15.5. The summed E-state index contributed by atoms with van der Waals surface area (Å²) in [6, 6.07) is 0. The van der Waals surface area contributed by atoms with Crippen molar-refractivity contribution in [1.29, 1.82) is 0 Å². The summed E-state index contributed by atoms with van der Waals surface area (Å²) in [5.41, 5.74) is 2.16. The van der Waals surface area contributed by atoms with Crippen molar-refractivity contribution in [2.24, 2.45) is 11.8 Å². The quantitative estimate of drug-likeness (QED) is 0.887. The van der Waals surface area contributed by atoms with Crippen molar-refractivity contribution in [3.05, 3.63) is 17.7 Å². The molecule has 1 aromatic heterocycles. The minimum absolute atomic E-state index is 0.0479. The second kappa shape index (κ2) is 8.02. The van der Waals surface area contributed by atoms with Crippen molar-refractivity contribution in [2.45, 2.75) is 58.9 Å². The Morgan fingerprint density at radius 3 is 2.44 bits per heavy atom. The second-order valence-corrected chi connectivity index (χ2v) is 7.43. The molecule has 1 aliphatic carbocycles. The van der Waals surface area contributed by atoms with Crippen LogP contribution in [0.2, 0.25) is 0 Å². The van der Waals surface area contributed by atoms with Gasteiger partial charge in [0.1, 0.15) is 0 Å². The third kappa shape index (κ3) is 4.05. The highest BCUT2D eigenvalue weighted by Gasteiger charge is 2.38. The van der Waals surface area contributed by atoms with E-state index in [-0.39, 0.29) is 23.7 Å². The minimum atomic E-state index is -0.160. The number of hydrogen-bond acceptors (Lipinski definition) is 3. The highest BCUT2D eigenvalue weighted by molar-refractivity contribution is 5.88. The average molecular weight is 346 g/mol. The first-order valence-electron chi connectivity index (χ1n) is 9.62. The lowest BCUT2D eigenvalue weighted by Crippen LogP contribution is -2.45. The fourth-order valence-electron chi connectivity index (χ4n) is 4.11. The molecule has 2 fully saturated rings. The summed E-state index contributed by atoms with van der Waals surface area (Å²) >= 11 is 0. The molecule has 3 rings (SSSR count). The van der Waals surface area contributed by atoms with E-state index < -0.39 is 0 Å². The fourth-order valence-corrected chi connectivity index (χ4v) is 4.11. The van der Waals surface area contributed by atoms with Gasteiger partial charge >= 0.3 is 0 Å². The van der Waals surface area contributed by atoms with Crippen molar-refractivity contribution >= 4 is 11.8 Å². The maximum absolute atomic E-state index is 12.8. The van der Waals surface area contributed by atoms with E-state index in [0.717, 1.165) is 69.5 Å². The third-order valence-corrected chi connectivity index (χ3v) is 5.83. The number of likely N-dealkylation sites (tertiary alicyclic amines) is 1. The molecule has 0 spiro atoms. The van der Waals surface area contributed by atoms with Crippen LogP contribution in [0.4, 0.5) is 0 Å². The first kappa shape index (κ1) is 18.0. The Morgan fingerprint density at radius 2 is 1.80 bits per heavy atom. The smallest absolute Gasteiger partial charge is 0.226 e. The number of carbonyl (C=O) groups excluding carboxylic acids is 2. The van der Waals surface area contributed by atoms with Crippen molar-refractivity contribution in [3.8, 4) is 0 Å². The normalized spacial score (nSPS) is 23.7. The number of hydrogen-bond donors (Lipinski definition) is 1. The zero-order valence-electron chi connectivity index (χ0n) is 15.5. The molecule has 6 heteroatoms. The number of nitrogens with zero attached hydrogens (tertiary/aromatic N) is 3. The third-order valence-electron chi connectivity index (χ3n) is 5.83. The summed E-state index contributed by atoms with van der Waals surface area (Å²) in [6.07, 6.45) is 7.80. The van der Waals surface area contributed by atoms with Gasteiger partial charge in [0.05, 0.1) is 12.0 Å². The van der Waals surface area contributed by atoms with Crippen LogP contribution in [0.5, 0.6) is 0 Å². The van der Waals surface area contributed by atoms with E-state index in [1.54, 1.807) is 0 Å². The predicted octanol–water partition coefficient (Wildman–Crippen LogP) is 2.04. The maximum Gasteiger partial charge on any atom is 0.226 e. The van der Waals surface area contributed by atoms with Gasteiger partial charge in [0.15, 0.2) is 0 Å². The molecule has 1 saturated heterocycles. The summed E-state index contributed by atoms with van der Waals surface area (Å²) < 4.78 is 2.06. The largest absolute Gasteiger partial charge is 0.354 e. The number of amides is 2. The van der Waals surface area contributed by atoms with Crippen LogP contribution >= 0.6 is 0 Å². The van der Waals surface area contributed by atoms with Gasteiger partial charge in [-0.15, -0.1) is 0 Å². The van der Waals surface area contributed by atoms with E-state index in [9.17, 15) is 9.59 Å². The van der Waals surface area contributed by atoms with Crippen LogP contribution in [0.1, 0.15) is 49.9 Å². The van der Waals surface area contributed by atoms with E-state index in [2.05, 4.69) is 14.9 Å². The van der Waals surface area contributed by atoms with Crippen molar-refractivity contribution in [2.75, 3.05) is 19.6 Å². The zero-order chi connectivity index (χ0) is 17.8. The lowest BCUT2D eigenvalue weighted by Gasteiger charge is -2.32. The van der Waals surface area contributed by atoms with Crippen LogP contribution in [0.25, 0.3) is 0 Å². The highest BCUT2D eigenvalue weighted by atomic mass is 16.2. The van der Waals surface area contributed by atoms with Gasteiger partial charge in [-0.3, -0.25) is 9.59 Å². The molecule has 2 heterocycles. The molecule has 0 aromatic carbocycles. The lowest BCUT2D eigenvalue weighted by molar-refractivity contribution is -0.142. The molecule has 2 amide bonds. The highest BCUT2D eigenvalue weighted by Crippen LogP contribution is 2.32. The van der Waals surface area contributed by atoms with Gasteiger partial charge < -0.3 is 14.8 Å². The summed E-state index contributed by atoms with van der Waals surface area (Å²) in [5, 5.41) is 3.05. The topological polar surface area (TPSA) is 67.2 Å². The maximum atomic E-state index is 12.8. The predicted molar refractivity (Wildman–Crippen MR) is 96.0 cm³/mol. The molecule has 1 saturated carbocycles. The summed E-state index contributed by atoms with van der Waals surface area (Å²) in [5.74, 6) is -0.0262. The molecule has 6 nitrogen and oxygen atoms in total. The Kier molecular flexibility index (Phi) is 5.76. The van der Waals surface area contributed by atoms with Gasteiger partial charge in [-0.05, 0) is 39.5 Å². The van der Waals surface area contributed by atoms with Crippen molar-refractivity contribution in [3.63, 3.8) is 0 Å². The first-order valence-corrected chi connectivity index (χ1v) is 9.62. The lowest BCUT2D eigenvalue weighted by atomic mass is 9.78. The fraction of sp³-hybridized carbons (Fsp3) is 0.737. The summed E-state index contributed by atoms with van der Waals surface area (Å²) in [6.45, 7) is 7.05. The van der Waals surface area contributed by atoms with Gasteiger partial charge in [0, 0.05) is 43.7 Å². The monoisotopic (exact) mass is 346 g/mol. The Morgan fingerprint density at radius 1 is 1.12 bits per heavy atom. The van der Waals surface area contributed by atoms with Crippen LogP contribution in [-0.4, -0.2) is 45.9 Å². The van der Waals surface area contributed by atoms with Crippen LogP contribution < -0.4 is 5.32 Å². The molecule has 25 heavy (non-hydrogen) atoms. The number of aryl methyl sites for hydroxylation is 1. The Labute approximate surface area is 150 Å². The van der Waals surface area contributed by atoms with E-state index in [1.165, 1.54) is 0 Å². The first-order chi connectivity index (χ1) is 12.1. The molecule has 0 bridgehead atoms. The minimum Gasteiger partial charge on any atom is -0.354 e. The molecular weight excluding hydrogens is 316 g/mol. The van der Waals surface area contributed by atoms with Crippen LogP contribution in [0, 0.1) is 25.7 Å². The number of nitrogens with one attached hydrogen (secondary N) is 1. The van der Waals surface area contributed by atoms with Crippen molar-refractivity contribution in [1.82, 2.24) is 19.8 Å². The Balaban J connectivity index is 1.55.